The Morgan fingerprint density at radius 3 is 2.56 bits per heavy atom. The van der Waals surface area contributed by atoms with Gasteiger partial charge in [-0.05, 0) is 51.4 Å². The van der Waals surface area contributed by atoms with Crippen molar-refractivity contribution in [3.05, 3.63) is 36.3 Å². The Morgan fingerprint density at radius 2 is 1.85 bits per heavy atom. The molecule has 1 amide bonds. The molecule has 2 fully saturated rings. The standard InChI is InChI=1S/C24H30N8O2/c1-16(33)19-12-17-13-26-24(29-22(17)23(27-19)31-8-4-3-5-9-31)28-20-7-6-18(14-25-20)32-11-10-30(2)15-21(32)34/h6-7,12-14,16,33H,3-5,8-11,15H2,1-2H3,(H,25,26,28,29)/t16-/m1/s1. The van der Waals surface area contributed by atoms with Gasteiger partial charge in [0.1, 0.15) is 11.3 Å². The second-order valence-electron chi connectivity index (χ2n) is 9.04. The molecule has 0 aromatic carbocycles. The number of pyridine rings is 2. The molecule has 0 spiro atoms. The molecule has 10 nitrogen and oxygen atoms in total. The minimum atomic E-state index is -0.666. The molecule has 0 unspecified atom stereocenters. The molecule has 0 radical (unpaired) electrons. The Morgan fingerprint density at radius 1 is 1.03 bits per heavy atom. The number of hydrogen-bond donors (Lipinski definition) is 2. The zero-order chi connectivity index (χ0) is 23.7. The summed E-state index contributed by atoms with van der Waals surface area (Å²) in [4.78, 5) is 36.8. The van der Waals surface area contributed by atoms with Gasteiger partial charge in [-0.15, -0.1) is 0 Å². The first-order valence-corrected chi connectivity index (χ1v) is 11.8. The van der Waals surface area contributed by atoms with Gasteiger partial charge in [-0.3, -0.25) is 9.69 Å². The van der Waals surface area contributed by atoms with E-state index < -0.39 is 6.10 Å². The van der Waals surface area contributed by atoms with Crippen LogP contribution < -0.4 is 15.1 Å². The molecule has 10 heteroatoms. The van der Waals surface area contributed by atoms with Crippen LogP contribution in [0, 0.1) is 0 Å². The van der Waals surface area contributed by atoms with Gasteiger partial charge >= 0.3 is 0 Å². The maximum atomic E-state index is 12.3. The lowest BCUT2D eigenvalue weighted by atomic mass is 10.1. The van der Waals surface area contributed by atoms with Gasteiger partial charge in [-0.2, -0.15) is 0 Å². The van der Waals surface area contributed by atoms with Crippen LogP contribution in [0.5, 0.6) is 0 Å². The number of nitrogens with one attached hydrogen (secondary N) is 1. The first-order chi connectivity index (χ1) is 16.5. The fraction of sp³-hybridized carbons (Fsp3) is 0.458. The van der Waals surface area contributed by atoms with E-state index >= 15 is 0 Å². The monoisotopic (exact) mass is 462 g/mol. The van der Waals surface area contributed by atoms with Crippen LogP contribution >= 0.6 is 0 Å². The van der Waals surface area contributed by atoms with E-state index in [1.54, 1.807) is 24.2 Å². The number of rotatable bonds is 5. The van der Waals surface area contributed by atoms with E-state index in [0.29, 0.717) is 30.5 Å². The number of amides is 1. The van der Waals surface area contributed by atoms with Gasteiger partial charge in [-0.25, -0.2) is 19.9 Å². The van der Waals surface area contributed by atoms with Gasteiger partial charge in [0.15, 0.2) is 5.82 Å². The second kappa shape index (κ2) is 9.47. The van der Waals surface area contributed by atoms with Gasteiger partial charge in [0.05, 0.1) is 30.2 Å². The number of hydrogen-bond acceptors (Lipinski definition) is 9. The van der Waals surface area contributed by atoms with Crippen molar-refractivity contribution in [1.82, 2.24) is 24.8 Å². The molecule has 1 atom stereocenters. The van der Waals surface area contributed by atoms with E-state index in [9.17, 15) is 9.90 Å². The quantitative estimate of drug-likeness (QED) is 0.591. The molecule has 34 heavy (non-hydrogen) atoms. The molecular weight excluding hydrogens is 432 g/mol. The summed E-state index contributed by atoms with van der Waals surface area (Å²) in [6.45, 7) is 5.46. The number of carbonyl (C=O) groups excluding carboxylic acids is 1. The molecule has 3 aromatic heterocycles. The van der Waals surface area contributed by atoms with Gasteiger partial charge < -0.3 is 20.2 Å². The first kappa shape index (κ1) is 22.4. The summed E-state index contributed by atoms with van der Waals surface area (Å²) in [5, 5.41) is 14.1. The van der Waals surface area contributed by atoms with E-state index in [-0.39, 0.29) is 5.91 Å². The molecule has 5 heterocycles. The van der Waals surface area contributed by atoms with Crippen LogP contribution in [0.4, 0.5) is 23.3 Å². The summed E-state index contributed by atoms with van der Waals surface area (Å²) < 4.78 is 0. The largest absolute Gasteiger partial charge is 0.387 e. The molecule has 5 rings (SSSR count). The molecule has 0 bridgehead atoms. The average Bonchev–Trinajstić information content (AvgIpc) is 2.84. The summed E-state index contributed by atoms with van der Waals surface area (Å²) in [5.41, 5.74) is 2.15. The third kappa shape index (κ3) is 4.64. The summed E-state index contributed by atoms with van der Waals surface area (Å²) in [6, 6.07) is 5.56. The van der Waals surface area contributed by atoms with Crippen LogP contribution in [-0.4, -0.2) is 75.6 Å². The molecular formula is C24H30N8O2. The van der Waals surface area contributed by atoms with Crippen LogP contribution in [0.2, 0.25) is 0 Å². The van der Waals surface area contributed by atoms with E-state index in [0.717, 1.165) is 54.9 Å². The number of nitrogens with zero attached hydrogens (tertiary/aromatic N) is 7. The highest BCUT2D eigenvalue weighted by Gasteiger charge is 2.23. The van der Waals surface area contributed by atoms with Crippen molar-refractivity contribution >= 4 is 40.1 Å². The number of aliphatic hydroxyl groups excluding tert-OH is 1. The first-order valence-electron chi connectivity index (χ1n) is 11.8. The lowest BCUT2D eigenvalue weighted by Gasteiger charge is -2.31. The number of likely N-dealkylation sites (N-methyl/N-ethyl adjacent to an activating group) is 1. The lowest BCUT2D eigenvalue weighted by Crippen LogP contribution is -2.48. The number of carbonyl (C=O) groups is 1. The van der Waals surface area contributed by atoms with Crippen LogP contribution in [-0.2, 0) is 4.79 Å². The highest BCUT2D eigenvalue weighted by atomic mass is 16.3. The molecule has 2 aliphatic rings. The van der Waals surface area contributed by atoms with Crippen molar-refractivity contribution in [2.24, 2.45) is 0 Å². The maximum absolute atomic E-state index is 12.3. The van der Waals surface area contributed by atoms with Gasteiger partial charge in [0.25, 0.3) is 0 Å². The summed E-state index contributed by atoms with van der Waals surface area (Å²) in [7, 11) is 1.95. The van der Waals surface area contributed by atoms with Crippen molar-refractivity contribution in [3.8, 4) is 0 Å². The van der Waals surface area contributed by atoms with Gasteiger partial charge in [0, 0.05) is 37.8 Å². The smallest absolute Gasteiger partial charge is 0.241 e. The molecule has 2 saturated heterocycles. The van der Waals surface area contributed by atoms with E-state index in [1.807, 2.05) is 30.1 Å². The predicted octanol–water partition coefficient (Wildman–Crippen LogP) is 2.49. The third-order valence-corrected chi connectivity index (χ3v) is 6.36. The Hall–Kier alpha value is -3.37. The van der Waals surface area contributed by atoms with Crippen molar-refractivity contribution in [1.29, 1.82) is 0 Å². The highest BCUT2D eigenvalue weighted by Crippen LogP contribution is 2.29. The minimum absolute atomic E-state index is 0.0726. The number of anilines is 4. The molecule has 178 valence electrons. The van der Waals surface area contributed by atoms with Crippen molar-refractivity contribution in [2.45, 2.75) is 32.3 Å². The van der Waals surface area contributed by atoms with Gasteiger partial charge in [0.2, 0.25) is 11.9 Å². The molecule has 0 saturated carbocycles. The number of aromatic nitrogens is 4. The number of piperidine rings is 1. The summed E-state index contributed by atoms with van der Waals surface area (Å²) in [5.74, 6) is 1.88. The molecule has 3 aromatic rings. The Bertz CT molecular complexity index is 1180. The highest BCUT2D eigenvalue weighted by molar-refractivity contribution is 5.95. The zero-order valence-electron chi connectivity index (χ0n) is 19.6. The van der Waals surface area contributed by atoms with Crippen LogP contribution in [0.1, 0.15) is 38.0 Å². The number of fused-ring (bicyclic) bond motifs is 1. The Labute approximate surface area is 198 Å². The van der Waals surface area contributed by atoms with Crippen molar-refractivity contribution in [3.63, 3.8) is 0 Å². The summed E-state index contributed by atoms with van der Waals surface area (Å²) >= 11 is 0. The topological polar surface area (TPSA) is 111 Å². The molecule has 2 aliphatic heterocycles. The lowest BCUT2D eigenvalue weighted by molar-refractivity contribution is -0.120. The summed E-state index contributed by atoms with van der Waals surface area (Å²) in [6.07, 6.45) is 6.23. The molecule has 2 N–H and O–H groups in total. The zero-order valence-corrected chi connectivity index (χ0v) is 19.6. The van der Waals surface area contributed by atoms with Crippen molar-refractivity contribution in [2.75, 3.05) is 54.9 Å². The fourth-order valence-corrected chi connectivity index (χ4v) is 4.44. The predicted molar refractivity (Wildman–Crippen MR) is 131 cm³/mol. The van der Waals surface area contributed by atoms with Crippen LogP contribution in [0.3, 0.4) is 0 Å². The third-order valence-electron chi connectivity index (χ3n) is 6.36. The van der Waals surface area contributed by atoms with Gasteiger partial charge in [-0.1, -0.05) is 0 Å². The number of piperazine rings is 1. The normalized spacial score (nSPS) is 18.4. The Balaban J connectivity index is 1.41. The maximum Gasteiger partial charge on any atom is 0.241 e. The number of aliphatic hydroxyl groups is 1. The van der Waals surface area contributed by atoms with E-state index in [2.05, 4.69) is 20.2 Å². The average molecular weight is 463 g/mol. The Kier molecular flexibility index (Phi) is 6.25. The van der Waals surface area contributed by atoms with Crippen LogP contribution in [0.25, 0.3) is 10.9 Å². The second-order valence-corrected chi connectivity index (χ2v) is 9.04. The van der Waals surface area contributed by atoms with Crippen molar-refractivity contribution < 1.29 is 9.90 Å². The van der Waals surface area contributed by atoms with E-state index in [1.165, 1.54) is 6.42 Å². The minimum Gasteiger partial charge on any atom is -0.387 e. The SMILES string of the molecule is C[C@@H](O)c1cc2cnc(Nc3ccc(N4CCN(C)CC4=O)cn3)nc2c(N2CCCCC2)n1. The fourth-order valence-electron chi connectivity index (χ4n) is 4.44. The molecule has 0 aliphatic carbocycles. The van der Waals surface area contributed by atoms with E-state index in [4.69, 9.17) is 9.97 Å². The van der Waals surface area contributed by atoms with Crippen LogP contribution in [0.15, 0.2) is 30.6 Å².